The van der Waals surface area contributed by atoms with Gasteiger partial charge in [0.2, 0.25) is 0 Å². The number of rotatable bonds is 14. The summed E-state index contributed by atoms with van der Waals surface area (Å²) in [5.74, 6) is 6.76. The Morgan fingerprint density at radius 2 is 1.13 bits per heavy atom. The van der Waals surface area contributed by atoms with Crippen LogP contribution >= 0.6 is 0 Å². The van der Waals surface area contributed by atoms with E-state index in [9.17, 15) is 5.11 Å². The Bertz CT molecular complexity index is 1270. The first kappa shape index (κ1) is 41.4. The van der Waals surface area contributed by atoms with Crippen molar-refractivity contribution >= 4 is 35.3 Å². The van der Waals surface area contributed by atoms with Gasteiger partial charge in [-0.25, -0.2) is 0 Å². The zero-order valence-electron chi connectivity index (χ0n) is 32.2. The van der Waals surface area contributed by atoms with E-state index in [1.807, 2.05) is 12.2 Å². The van der Waals surface area contributed by atoms with Crippen molar-refractivity contribution in [3.05, 3.63) is 72.8 Å². The van der Waals surface area contributed by atoms with Gasteiger partial charge in [-0.05, 0) is 76.7 Å². The molecule has 0 saturated heterocycles. The van der Waals surface area contributed by atoms with Crippen molar-refractivity contribution in [2.45, 2.75) is 148 Å². The molecule has 262 valence electrons. The number of hydrogen-bond acceptors (Lipinski definition) is 4. The molecular weight excluding hydrogens is 629 g/mol. The third-order valence-corrected chi connectivity index (χ3v) is 24.3. The van der Waals surface area contributed by atoms with Crippen LogP contribution in [0.15, 0.2) is 72.8 Å². The fourth-order valence-electron chi connectivity index (χ4n) is 5.40. The molecule has 0 aliphatic heterocycles. The van der Waals surface area contributed by atoms with E-state index in [1.165, 1.54) is 10.4 Å². The van der Waals surface area contributed by atoms with Crippen LogP contribution in [0.4, 0.5) is 0 Å². The zero-order valence-corrected chi connectivity index (χ0v) is 35.2. The lowest BCUT2D eigenvalue weighted by atomic mass is 10.1. The van der Waals surface area contributed by atoms with Crippen molar-refractivity contribution in [3.63, 3.8) is 0 Å². The summed E-state index contributed by atoms with van der Waals surface area (Å²) in [5.41, 5.74) is 0. The fraction of sp³-hybridized carbons (Fsp3) is 0.600. The van der Waals surface area contributed by atoms with Crippen molar-refractivity contribution in [2.75, 3.05) is 6.61 Å². The Morgan fingerprint density at radius 1 is 0.681 bits per heavy atom. The third-order valence-electron chi connectivity index (χ3n) is 10.3. The largest absolute Gasteiger partial charge is 0.411 e. The van der Waals surface area contributed by atoms with Gasteiger partial charge in [0.25, 0.3) is 8.32 Å². The van der Waals surface area contributed by atoms with Crippen LogP contribution in [-0.4, -0.2) is 55.0 Å². The Labute approximate surface area is 292 Å². The summed E-state index contributed by atoms with van der Waals surface area (Å²) in [6.07, 6.45) is 5.54. The molecule has 0 fully saturated rings. The molecule has 0 spiro atoms. The van der Waals surface area contributed by atoms with Crippen molar-refractivity contribution in [1.82, 2.24) is 0 Å². The van der Waals surface area contributed by atoms with Crippen LogP contribution in [-0.2, 0) is 13.3 Å². The molecule has 0 amide bonds. The molecule has 47 heavy (non-hydrogen) atoms. The van der Waals surface area contributed by atoms with Crippen LogP contribution in [0.3, 0.4) is 0 Å². The quantitative estimate of drug-likeness (QED) is 0.158. The molecule has 1 N–H and O–H groups in total. The molecule has 0 saturated carbocycles. The van der Waals surface area contributed by atoms with E-state index in [1.54, 1.807) is 0 Å². The van der Waals surface area contributed by atoms with E-state index >= 15 is 0 Å². The molecule has 2 aromatic rings. The highest BCUT2D eigenvalue weighted by Crippen LogP contribution is 2.41. The summed E-state index contributed by atoms with van der Waals surface area (Å²) in [4.78, 5) is 0. The summed E-state index contributed by atoms with van der Waals surface area (Å²) in [5, 5.41) is 12.6. The molecule has 3 atom stereocenters. The molecule has 0 aromatic heterocycles. The highest BCUT2D eigenvalue weighted by Gasteiger charge is 2.51. The van der Waals surface area contributed by atoms with Crippen molar-refractivity contribution < 1.29 is 18.4 Å². The average Bonchev–Trinajstić information content (AvgIpc) is 2.96. The SMILES string of the molecule is CC[C@H](O[Si](C)(C)C(C)(C)C)[C@H](CC#C/C=C/[C@@H](CCO)O[Si](c1ccccc1)(c1ccccc1)C(C)(C)C)O[Si](C)(C)C(C)(C)C. The predicted octanol–water partition coefficient (Wildman–Crippen LogP) is 9.45. The first-order chi connectivity index (χ1) is 21.6. The molecule has 0 aliphatic carbocycles. The molecule has 0 unspecified atom stereocenters. The van der Waals surface area contributed by atoms with Gasteiger partial charge in [-0.3, -0.25) is 0 Å². The van der Waals surface area contributed by atoms with Crippen LogP contribution in [0.5, 0.6) is 0 Å². The van der Waals surface area contributed by atoms with Gasteiger partial charge >= 0.3 is 0 Å². The highest BCUT2D eigenvalue weighted by atomic mass is 28.4. The average molecular weight is 695 g/mol. The van der Waals surface area contributed by atoms with Crippen LogP contribution in [0, 0.1) is 11.8 Å². The minimum Gasteiger partial charge on any atom is -0.411 e. The first-order valence-corrected chi connectivity index (χ1v) is 25.3. The number of benzene rings is 2. The molecule has 0 aliphatic rings. The lowest BCUT2D eigenvalue weighted by Gasteiger charge is -2.44. The normalized spacial score (nSPS) is 15.6. The second kappa shape index (κ2) is 16.8. The van der Waals surface area contributed by atoms with Crippen LogP contribution in [0.2, 0.25) is 41.3 Å². The number of aliphatic hydroxyl groups excluding tert-OH is 1. The second-order valence-electron chi connectivity index (χ2n) is 17.0. The topological polar surface area (TPSA) is 47.9 Å². The van der Waals surface area contributed by atoms with Crippen molar-refractivity contribution in [3.8, 4) is 11.8 Å². The van der Waals surface area contributed by atoms with Crippen LogP contribution < -0.4 is 10.4 Å². The number of allylic oxidation sites excluding steroid dienone is 1. The lowest BCUT2D eigenvalue weighted by molar-refractivity contribution is 0.0362. The van der Waals surface area contributed by atoms with E-state index in [4.69, 9.17) is 13.3 Å². The zero-order chi connectivity index (χ0) is 35.7. The molecule has 7 heteroatoms. The highest BCUT2D eigenvalue weighted by molar-refractivity contribution is 6.99. The fourth-order valence-corrected chi connectivity index (χ4v) is 12.8. The van der Waals surface area contributed by atoms with Gasteiger partial charge in [0, 0.05) is 13.0 Å². The standard InChI is InChI=1S/C40H66O4Si3/c1-15-36(43-45(11,12)38(2,3)4)37(44-46(13,14)39(5,6)7)30-24-16-19-25-33(31-32-41)42-47(40(8,9)10,34-26-20-17-21-27-34)35-28-22-18-23-29-35/h17-23,25-29,33,36-37,41H,15,30-32H2,1-14H3/b25-19+/t33-,36-,37-/m0/s1. The van der Waals surface area contributed by atoms with Crippen molar-refractivity contribution in [1.29, 1.82) is 0 Å². The smallest absolute Gasteiger partial charge is 0.261 e. The maximum atomic E-state index is 10.1. The minimum atomic E-state index is -2.78. The monoisotopic (exact) mass is 694 g/mol. The number of hydrogen-bond donors (Lipinski definition) is 1. The van der Waals surface area contributed by atoms with Gasteiger partial charge in [-0.1, -0.05) is 142 Å². The molecule has 0 radical (unpaired) electrons. The van der Waals surface area contributed by atoms with Gasteiger partial charge in [-0.15, -0.1) is 0 Å². The maximum absolute atomic E-state index is 10.1. The Hall–Kier alpha value is -1.77. The van der Waals surface area contributed by atoms with Gasteiger partial charge in [0.05, 0.1) is 18.3 Å². The molecule has 0 heterocycles. The molecule has 4 nitrogen and oxygen atoms in total. The predicted molar refractivity (Wildman–Crippen MR) is 210 cm³/mol. The van der Waals surface area contributed by atoms with Gasteiger partial charge in [0.1, 0.15) is 0 Å². The van der Waals surface area contributed by atoms with E-state index in [0.717, 1.165) is 6.42 Å². The van der Waals surface area contributed by atoms with E-state index in [-0.39, 0.29) is 40.0 Å². The first-order valence-electron chi connectivity index (χ1n) is 17.5. The Kier molecular flexibility index (Phi) is 14.8. The summed E-state index contributed by atoms with van der Waals surface area (Å²) in [6, 6.07) is 21.3. The Morgan fingerprint density at radius 3 is 1.51 bits per heavy atom. The van der Waals surface area contributed by atoms with Gasteiger partial charge in [0.15, 0.2) is 16.6 Å². The Balaban J connectivity index is 2.46. The summed E-state index contributed by atoms with van der Waals surface area (Å²) in [6.45, 7) is 32.1. The van der Waals surface area contributed by atoms with E-state index < -0.39 is 25.0 Å². The van der Waals surface area contributed by atoms with E-state index in [2.05, 4.69) is 168 Å². The molecule has 2 aromatic carbocycles. The third kappa shape index (κ3) is 10.9. The molecular formula is C40H66O4Si3. The van der Waals surface area contributed by atoms with Gasteiger partial charge in [-0.2, -0.15) is 0 Å². The van der Waals surface area contributed by atoms with Crippen LogP contribution in [0.25, 0.3) is 0 Å². The van der Waals surface area contributed by atoms with Crippen LogP contribution in [0.1, 0.15) is 88.5 Å². The minimum absolute atomic E-state index is 0.0103. The van der Waals surface area contributed by atoms with E-state index in [0.29, 0.717) is 12.8 Å². The lowest BCUT2D eigenvalue weighted by Crippen LogP contribution is -2.67. The molecule has 0 bridgehead atoms. The van der Waals surface area contributed by atoms with Gasteiger partial charge < -0.3 is 18.4 Å². The summed E-state index contributed by atoms with van der Waals surface area (Å²) >= 11 is 0. The number of aliphatic hydroxyl groups is 1. The maximum Gasteiger partial charge on any atom is 0.261 e. The summed E-state index contributed by atoms with van der Waals surface area (Å²) < 4.78 is 21.3. The van der Waals surface area contributed by atoms with Crippen molar-refractivity contribution in [2.24, 2.45) is 0 Å². The molecule has 2 rings (SSSR count). The second-order valence-corrected chi connectivity index (χ2v) is 30.7. The summed E-state index contributed by atoms with van der Waals surface area (Å²) in [7, 11) is -6.86.